The summed E-state index contributed by atoms with van der Waals surface area (Å²) < 4.78 is 13.2. The van der Waals surface area contributed by atoms with Crippen LogP contribution in [0.2, 0.25) is 0 Å². The minimum Gasteiger partial charge on any atom is -0.310 e. The molecule has 0 saturated heterocycles. The number of hydrogen-bond acceptors (Lipinski definition) is 1. The van der Waals surface area contributed by atoms with Crippen molar-refractivity contribution in [2.24, 2.45) is 11.8 Å². The third-order valence-electron chi connectivity index (χ3n) is 4.33. The van der Waals surface area contributed by atoms with Gasteiger partial charge in [0.2, 0.25) is 0 Å². The first kappa shape index (κ1) is 12.6. The van der Waals surface area contributed by atoms with Crippen LogP contribution in [0.15, 0.2) is 18.2 Å². The van der Waals surface area contributed by atoms with E-state index in [4.69, 9.17) is 0 Å². The van der Waals surface area contributed by atoms with Crippen LogP contribution in [0.25, 0.3) is 0 Å². The predicted molar refractivity (Wildman–Crippen MR) is 69.3 cm³/mol. The summed E-state index contributed by atoms with van der Waals surface area (Å²) in [6.07, 6.45) is 2.55. The van der Waals surface area contributed by atoms with Gasteiger partial charge in [0.25, 0.3) is 0 Å². The Balaban J connectivity index is 1.96. The van der Waals surface area contributed by atoms with Crippen molar-refractivity contribution in [3.63, 3.8) is 0 Å². The van der Waals surface area contributed by atoms with Crippen LogP contribution in [0, 0.1) is 24.6 Å². The summed E-state index contributed by atoms with van der Waals surface area (Å²) in [5.74, 6) is 1.39. The van der Waals surface area contributed by atoms with E-state index >= 15 is 0 Å². The highest BCUT2D eigenvalue weighted by atomic mass is 19.1. The third-order valence-corrected chi connectivity index (χ3v) is 4.33. The normalized spacial score (nSPS) is 28.6. The molecule has 1 saturated carbocycles. The fraction of sp³-hybridized carbons (Fsp3) is 0.600. The van der Waals surface area contributed by atoms with Gasteiger partial charge < -0.3 is 5.32 Å². The van der Waals surface area contributed by atoms with Crippen molar-refractivity contribution in [3.8, 4) is 0 Å². The molecule has 1 aromatic carbocycles. The lowest BCUT2D eigenvalue weighted by atomic mass is 9.97. The van der Waals surface area contributed by atoms with Crippen molar-refractivity contribution in [1.82, 2.24) is 5.32 Å². The van der Waals surface area contributed by atoms with E-state index in [0.717, 1.165) is 29.5 Å². The van der Waals surface area contributed by atoms with Crippen molar-refractivity contribution in [2.45, 2.75) is 46.2 Å². The molecular formula is C15H22FN. The van der Waals surface area contributed by atoms with E-state index in [0.29, 0.717) is 6.04 Å². The number of hydrogen-bond donors (Lipinski definition) is 1. The summed E-state index contributed by atoms with van der Waals surface area (Å²) in [5, 5.41) is 3.58. The molecule has 1 aromatic rings. The summed E-state index contributed by atoms with van der Waals surface area (Å²) in [7, 11) is 0. The van der Waals surface area contributed by atoms with Gasteiger partial charge in [-0.2, -0.15) is 0 Å². The number of rotatable bonds is 3. The molecular weight excluding hydrogens is 213 g/mol. The first-order valence-corrected chi connectivity index (χ1v) is 6.56. The molecule has 0 radical (unpaired) electrons. The molecule has 1 aliphatic carbocycles. The van der Waals surface area contributed by atoms with E-state index in [1.807, 2.05) is 13.0 Å². The van der Waals surface area contributed by atoms with E-state index < -0.39 is 0 Å². The fourth-order valence-corrected chi connectivity index (χ4v) is 2.72. The van der Waals surface area contributed by atoms with Gasteiger partial charge in [0.15, 0.2) is 0 Å². The average Bonchev–Trinajstić information content (AvgIpc) is 2.62. The highest BCUT2D eigenvalue weighted by molar-refractivity contribution is 5.26. The molecule has 0 amide bonds. The summed E-state index contributed by atoms with van der Waals surface area (Å²) in [5.41, 5.74) is 2.24. The van der Waals surface area contributed by atoms with Gasteiger partial charge >= 0.3 is 0 Å². The van der Waals surface area contributed by atoms with Gasteiger partial charge in [0.05, 0.1) is 0 Å². The molecule has 0 aliphatic heterocycles. The average molecular weight is 235 g/mol. The summed E-state index contributed by atoms with van der Waals surface area (Å²) in [6.45, 7) is 7.45. The second-order valence-corrected chi connectivity index (χ2v) is 5.47. The maximum atomic E-state index is 13.2. The van der Waals surface area contributed by atoms with Crippen LogP contribution in [-0.2, 0) is 6.54 Å². The smallest absolute Gasteiger partial charge is 0.123 e. The second kappa shape index (κ2) is 5.18. The number of nitrogens with one attached hydrogen (secondary N) is 1. The zero-order valence-electron chi connectivity index (χ0n) is 11.0. The third kappa shape index (κ3) is 2.86. The van der Waals surface area contributed by atoms with Crippen molar-refractivity contribution in [3.05, 3.63) is 35.1 Å². The molecule has 0 heterocycles. The molecule has 0 aromatic heterocycles. The van der Waals surface area contributed by atoms with Crippen LogP contribution in [0.1, 0.15) is 37.8 Å². The zero-order valence-corrected chi connectivity index (χ0v) is 11.0. The van der Waals surface area contributed by atoms with Gasteiger partial charge in [0.1, 0.15) is 5.82 Å². The number of halogens is 1. The lowest BCUT2D eigenvalue weighted by Gasteiger charge is -2.20. The van der Waals surface area contributed by atoms with Crippen LogP contribution in [0.3, 0.4) is 0 Å². The molecule has 17 heavy (non-hydrogen) atoms. The molecule has 94 valence electrons. The van der Waals surface area contributed by atoms with Gasteiger partial charge in [-0.25, -0.2) is 4.39 Å². The summed E-state index contributed by atoms with van der Waals surface area (Å²) in [4.78, 5) is 0. The zero-order chi connectivity index (χ0) is 12.4. The Morgan fingerprint density at radius 2 is 2.06 bits per heavy atom. The van der Waals surface area contributed by atoms with E-state index in [-0.39, 0.29) is 5.82 Å². The molecule has 2 heteroatoms. The van der Waals surface area contributed by atoms with E-state index in [1.54, 1.807) is 6.07 Å². The van der Waals surface area contributed by atoms with Gasteiger partial charge in [0, 0.05) is 12.6 Å². The molecule has 2 rings (SSSR count). The van der Waals surface area contributed by atoms with Crippen molar-refractivity contribution >= 4 is 0 Å². The number of benzene rings is 1. The first-order chi connectivity index (χ1) is 8.08. The Labute approximate surface area is 103 Å². The van der Waals surface area contributed by atoms with Crippen molar-refractivity contribution in [1.29, 1.82) is 0 Å². The Morgan fingerprint density at radius 1 is 1.29 bits per heavy atom. The molecule has 1 nitrogen and oxygen atoms in total. The quantitative estimate of drug-likeness (QED) is 0.843. The largest absolute Gasteiger partial charge is 0.310 e. The Bertz CT molecular complexity index is 389. The first-order valence-electron chi connectivity index (χ1n) is 6.56. The Hall–Kier alpha value is -0.890. The fourth-order valence-electron chi connectivity index (χ4n) is 2.72. The lowest BCUT2D eigenvalue weighted by Crippen LogP contribution is -2.32. The molecule has 0 bridgehead atoms. The van der Waals surface area contributed by atoms with Crippen LogP contribution in [0.4, 0.5) is 4.39 Å². The molecule has 3 unspecified atom stereocenters. The highest BCUT2D eigenvalue weighted by Crippen LogP contribution is 2.31. The van der Waals surface area contributed by atoms with Gasteiger partial charge in [-0.15, -0.1) is 0 Å². The van der Waals surface area contributed by atoms with Gasteiger partial charge in [-0.1, -0.05) is 19.9 Å². The monoisotopic (exact) mass is 235 g/mol. The maximum absolute atomic E-state index is 13.2. The topological polar surface area (TPSA) is 12.0 Å². The SMILES string of the molecule is Cc1ccc(F)cc1CNC1CCC(C)C1C. The van der Waals surface area contributed by atoms with Crippen LogP contribution < -0.4 is 5.32 Å². The molecule has 1 N–H and O–H groups in total. The lowest BCUT2D eigenvalue weighted by molar-refractivity contribution is 0.369. The number of aryl methyl sites for hydroxylation is 1. The molecule has 1 aliphatic rings. The van der Waals surface area contributed by atoms with Crippen molar-refractivity contribution < 1.29 is 4.39 Å². The Morgan fingerprint density at radius 3 is 2.71 bits per heavy atom. The minimum atomic E-state index is -0.139. The maximum Gasteiger partial charge on any atom is 0.123 e. The minimum absolute atomic E-state index is 0.139. The van der Waals surface area contributed by atoms with Gasteiger partial charge in [-0.3, -0.25) is 0 Å². The van der Waals surface area contributed by atoms with E-state index in [2.05, 4.69) is 19.2 Å². The van der Waals surface area contributed by atoms with Gasteiger partial charge in [-0.05, 0) is 54.9 Å². The highest BCUT2D eigenvalue weighted by Gasteiger charge is 2.29. The van der Waals surface area contributed by atoms with E-state index in [9.17, 15) is 4.39 Å². The predicted octanol–water partition coefficient (Wildman–Crippen LogP) is 3.66. The van der Waals surface area contributed by atoms with Crippen LogP contribution in [-0.4, -0.2) is 6.04 Å². The standard InChI is InChI=1S/C15H22FN/c1-10-5-7-15(12(10)3)17-9-13-8-14(16)6-4-11(13)2/h4,6,8,10,12,15,17H,5,7,9H2,1-3H3. The summed E-state index contributed by atoms with van der Waals surface area (Å²) >= 11 is 0. The Kier molecular flexibility index (Phi) is 3.82. The van der Waals surface area contributed by atoms with Crippen LogP contribution in [0.5, 0.6) is 0 Å². The molecule has 0 spiro atoms. The van der Waals surface area contributed by atoms with Crippen molar-refractivity contribution in [2.75, 3.05) is 0 Å². The summed E-state index contributed by atoms with van der Waals surface area (Å²) in [6, 6.07) is 5.62. The van der Waals surface area contributed by atoms with Crippen LogP contribution >= 0.6 is 0 Å². The molecule has 3 atom stereocenters. The molecule has 1 fully saturated rings. The second-order valence-electron chi connectivity index (χ2n) is 5.47. The van der Waals surface area contributed by atoms with E-state index in [1.165, 1.54) is 18.9 Å².